The second-order valence-corrected chi connectivity index (χ2v) is 4.71. The van der Waals surface area contributed by atoms with Crippen LogP contribution >= 0.6 is 0 Å². The Labute approximate surface area is 163 Å². The van der Waals surface area contributed by atoms with E-state index in [2.05, 4.69) is 56.4 Å². The van der Waals surface area contributed by atoms with E-state index < -0.39 is 11.7 Å². The second kappa shape index (κ2) is 13.3. The summed E-state index contributed by atoms with van der Waals surface area (Å²) < 4.78 is 35.3. The van der Waals surface area contributed by atoms with Crippen LogP contribution in [0, 0.1) is 18.2 Å². The molecule has 0 radical (unpaired) electrons. The summed E-state index contributed by atoms with van der Waals surface area (Å²) in [5.41, 5.74) is 1.82. The van der Waals surface area contributed by atoms with Crippen LogP contribution < -0.4 is 12.4 Å². The van der Waals surface area contributed by atoms with E-state index in [1.807, 2.05) is 0 Å². The molecule has 1 aromatic carbocycles. The molecule has 3 rings (SSSR count). The Morgan fingerprint density at radius 3 is 1.58 bits per heavy atom. The van der Waals surface area contributed by atoms with Gasteiger partial charge in [0.15, 0.2) is 0 Å². The van der Waals surface area contributed by atoms with Gasteiger partial charge in [0.1, 0.15) is 0 Å². The molecule has 2 aliphatic rings. The van der Waals surface area contributed by atoms with Crippen molar-refractivity contribution in [2.24, 2.45) is 0 Å². The molecule has 0 unspecified atom stereocenters. The number of rotatable bonds is 0. The van der Waals surface area contributed by atoms with Crippen LogP contribution in [-0.4, -0.2) is 0 Å². The average Bonchev–Trinajstić information content (AvgIpc) is 3.14. The molecule has 0 heterocycles. The Balaban J connectivity index is 0. The van der Waals surface area contributed by atoms with Crippen LogP contribution in [0.15, 0.2) is 59.7 Å². The van der Waals surface area contributed by atoms with E-state index in [9.17, 15) is 13.2 Å². The Morgan fingerprint density at radius 2 is 1.42 bits per heavy atom. The van der Waals surface area contributed by atoms with Crippen molar-refractivity contribution in [1.29, 1.82) is 0 Å². The number of hydrogen-bond acceptors (Lipinski definition) is 0. The summed E-state index contributed by atoms with van der Waals surface area (Å²) in [6.07, 6.45) is 12.4. The van der Waals surface area contributed by atoms with Gasteiger partial charge in [0, 0.05) is 0 Å². The van der Waals surface area contributed by atoms with Gasteiger partial charge in [-0.1, -0.05) is 19.4 Å². The van der Waals surface area contributed by atoms with E-state index in [1.54, 1.807) is 0 Å². The van der Waals surface area contributed by atoms with Crippen molar-refractivity contribution in [3.05, 3.63) is 83.5 Å². The first-order valence-electron chi connectivity index (χ1n) is 6.91. The largest absolute Gasteiger partial charge is 4.00 e. The topological polar surface area (TPSA) is 0 Å². The van der Waals surface area contributed by atoms with Crippen LogP contribution in [-0.2, 0) is 27.9 Å². The summed E-state index contributed by atoms with van der Waals surface area (Å²) in [7, 11) is 0. The molecule has 0 fully saturated rings. The molecule has 0 saturated carbocycles. The molecule has 2 aliphatic carbocycles. The predicted molar refractivity (Wildman–Crippen MR) is 82.7 cm³/mol. The molecule has 5 heteroatoms. The van der Waals surface area contributed by atoms with Crippen molar-refractivity contribution in [3.8, 4) is 0 Å². The van der Waals surface area contributed by atoms with E-state index >= 15 is 0 Å². The minimum atomic E-state index is -4.26. The zero-order valence-electron chi connectivity index (χ0n) is 13.5. The van der Waals surface area contributed by atoms with Crippen LogP contribution in [0.25, 0.3) is 0 Å². The third-order valence-corrected chi connectivity index (χ3v) is 2.75. The van der Waals surface area contributed by atoms with Crippen molar-refractivity contribution in [2.45, 2.75) is 32.9 Å². The summed E-state index contributed by atoms with van der Waals surface area (Å²) in [5, 5.41) is 0. The molecule has 1 aromatic rings. The fourth-order valence-electron chi connectivity index (χ4n) is 1.60. The number of allylic oxidation sites excluding steroid dienone is 8. The van der Waals surface area contributed by atoms with Gasteiger partial charge in [0.25, 0.3) is 0 Å². The molecule has 0 saturated heterocycles. The fourth-order valence-corrected chi connectivity index (χ4v) is 1.60. The maximum Gasteiger partial charge on any atom is 4.00 e. The van der Waals surface area contributed by atoms with Gasteiger partial charge in [-0.2, -0.15) is 55.7 Å². The van der Waals surface area contributed by atoms with Gasteiger partial charge in [-0.3, -0.25) is 12.2 Å². The van der Waals surface area contributed by atoms with Gasteiger partial charge in [0.2, 0.25) is 0 Å². The van der Waals surface area contributed by atoms with E-state index in [0.29, 0.717) is 0 Å². The molecule has 0 aromatic heterocycles. The SMILES string of the molecule is CC1=[C-]CC=C1.CC1=[C-]CC=C1.FC(F)(F)c1[c-]cccc1.[Cl-].[Ti+4]. The quantitative estimate of drug-likeness (QED) is 0.475. The zero-order chi connectivity index (χ0) is 16.4. The number of alkyl halides is 3. The fraction of sp³-hybridized carbons (Fsp3) is 0.263. The van der Waals surface area contributed by atoms with E-state index in [-0.39, 0.29) is 34.1 Å². The second-order valence-electron chi connectivity index (χ2n) is 4.71. The minimum Gasteiger partial charge on any atom is -1.00 e. The van der Waals surface area contributed by atoms with Crippen molar-refractivity contribution >= 4 is 0 Å². The van der Waals surface area contributed by atoms with Crippen LogP contribution in [0.2, 0.25) is 0 Å². The summed E-state index contributed by atoms with van der Waals surface area (Å²) in [6.45, 7) is 4.12. The van der Waals surface area contributed by atoms with E-state index in [0.717, 1.165) is 18.9 Å². The maximum atomic E-state index is 11.8. The van der Waals surface area contributed by atoms with Gasteiger partial charge in [-0.05, 0) is 0 Å². The predicted octanol–water partition coefficient (Wildman–Crippen LogP) is 2.90. The first-order chi connectivity index (χ1) is 10.4. The van der Waals surface area contributed by atoms with Crippen LogP contribution in [0.4, 0.5) is 13.2 Å². The summed E-state index contributed by atoms with van der Waals surface area (Å²) >= 11 is 0. The molecule has 0 atom stereocenters. The standard InChI is InChI=1S/C7H4F3.2C6H7.ClH.Ti/c8-7(9,10)6-4-2-1-3-5-6;2*1-6-4-2-3-5-6;;/h1-4H;2*2,4H,3H2,1H3;1H;/q3*-1;;+4/p-1. The molecule has 0 nitrogen and oxygen atoms in total. The molecular formula is C19H18ClF3Ti. The first-order valence-corrected chi connectivity index (χ1v) is 6.91. The first kappa shape index (κ1) is 25.2. The van der Waals surface area contributed by atoms with Gasteiger partial charge in [0.05, 0.1) is 0 Å². The Bertz CT molecular complexity index is 537. The number of halogens is 4. The van der Waals surface area contributed by atoms with Crippen LogP contribution in [0.1, 0.15) is 32.3 Å². The van der Waals surface area contributed by atoms with Gasteiger partial charge >= 0.3 is 27.9 Å². The molecule has 24 heavy (non-hydrogen) atoms. The maximum absolute atomic E-state index is 11.8. The summed E-state index contributed by atoms with van der Waals surface area (Å²) in [5.74, 6) is 0. The minimum absolute atomic E-state index is 0. The van der Waals surface area contributed by atoms with Crippen molar-refractivity contribution in [2.75, 3.05) is 0 Å². The molecule has 0 bridgehead atoms. The monoisotopic (exact) mass is 386 g/mol. The Hall–Kier alpha value is -1.03. The molecule has 0 spiro atoms. The third kappa shape index (κ3) is 11.5. The molecule has 0 aliphatic heterocycles. The van der Waals surface area contributed by atoms with E-state index in [4.69, 9.17) is 0 Å². The van der Waals surface area contributed by atoms with Crippen LogP contribution in [0.3, 0.4) is 0 Å². The Kier molecular flexibility index (Phi) is 14.0. The molecule has 0 N–H and O–H groups in total. The molecule has 0 amide bonds. The molecular weight excluding hydrogens is 369 g/mol. The van der Waals surface area contributed by atoms with Crippen LogP contribution in [0.5, 0.6) is 0 Å². The van der Waals surface area contributed by atoms with Gasteiger partial charge < -0.3 is 12.4 Å². The summed E-state index contributed by atoms with van der Waals surface area (Å²) in [4.78, 5) is 0. The van der Waals surface area contributed by atoms with Crippen molar-refractivity contribution < 1.29 is 47.3 Å². The Morgan fingerprint density at radius 1 is 0.917 bits per heavy atom. The van der Waals surface area contributed by atoms with Gasteiger partial charge in [-0.25, -0.2) is 23.3 Å². The van der Waals surface area contributed by atoms with Crippen molar-refractivity contribution in [1.82, 2.24) is 0 Å². The zero-order valence-corrected chi connectivity index (χ0v) is 15.9. The normalized spacial score (nSPS) is 14.0. The third-order valence-electron chi connectivity index (χ3n) is 2.75. The van der Waals surface area contributed by atoms with Gasteiger partial charge in [-0.15, -0.1) is 12.8 Å². The number of benzene rings is 1. The van der Waals surface area contributed by atoms with Crippen molar-refractivity contribution in [3.63, 3.8) is 0 Å². The van der Waals surface area contributed by atoms with E-state index in [1.165, 1.54) is 29.3 Å². The summed E-state index contributed by atoms with van der Waals surface area (Å²) in [6, 6.07) is 7.14. The number of hydrogen-bond donors (Lipinski definition) is 0. The average molecular weight is 387 g/mol. The smallest absolute Gasteiger partial charge is 1.00 e. The molecule has 126 valence electrons.